The molecule has 3 aromatic rings. The maximum absolute atomic E-state index is 13.8. The zero-order valence-corrected chi connectivity index (χ0v) is 17.8. The van der Waals surface area contributed by atoms with E-state index in [1.165, 1.54) is 27.9 Å². The van der Waals surface area contributed by atoms with Crippen LogP contribution in [0.2, 0.25) is 0 Å². The third-order valence-corrected chi connectivity index (χ3v) is 6.85. The predicted molar refractivity (Wildman–Crippen MR) is 116 cm³/mol. The van der Waals surface area contributed by atoms with Gasteiger partial charge in [-0.05, 0) is 30.2 Å². The molecule has 2 amide bonds. The normalized spacial score (nSPS) is 16.1. The summed E-state index contributed by atoms with van der Waals surface area (Å²) in [5, 5.41) is 11.3. The number of carbonyl (C=O) groups is 2. The number of thioether (sulfide) groups is 1. The van der Waals surface area contributed by atoms with Crippen LogP contribution in [0.3, 0.4) is 0 Å². The molecular weight excluding hydrogens is 423 g/mol. The number of hydrogen-bond donors (Lipinski definition) is 1. The maximum Gasteiger partial charge on any atom is 0.231 e. The van der Waals surface area contributed by atoms with Gasteiger partial charge in [0, 0.05) is 24.4 Å². The van der Waals surface area contributed by atoms with Gasteiger partial charge in [-0.25, -0.2) is 4.39 Å². The number of amides is 2. The number of aromatic nitrogens is 2. The molecule has 0 bridgehead atoms. The number of carbonyl (C=O) groups excluding carboxylic acids is 2. The first-order chi connectivity index (χ1) is 14.5. The molecule has 1 saturated heterocycles. The van der Waals surface area contributed by atoms with Crippen molar-refractivity contribution < 1.29 is 14.0 Å². The number of halogens is 1. The fraction of sp³-hybridized carbons (Fsp3) is 0.238. The number of aryl methyl sites for hydroxylation is 1. The summed E-state index contributed by atoms with van der Waals surface area (Å²) in [6.07, 6.45) is 0.0791. The van der Waals surface area contributed by atoms with Gasteiger partial charge in [0.2, 0.25) is 16.9 Å². The van der Waals surface area contributed by atoms with Crippen LogP contribution < -0.4 is 10.2 Å². The van der Waals surface area contributed by atoms with E-state index in [2.05, 4.69) is 15.5 Å². The van der Waals surface area contributed by atoms with Crippen molar-refractivity contribution in [3.8, 4) is 0 Å². The lowest BCUT2D eigenvalue weighted by atomic mass is 10.1. The fourth-order valence-corrected chi connectivity index (χ4v) is 4.84. The molecule has 6 nitrogen and oxygen atoms in total. The fourth-order valence-electron chi connectivity index (χ4n) is 3.13. The molecule has 0 spiro atoms. The van der Waals surface area contributed by atoms with Crippen LogP contribution in [0.5, 0.6) is 0 Å². The van der Waals surface area contributed by atoms with Crippen LogP contribution in [0.25, 0.3) is 0 Å². The van der Waals surface area contributed by atoms with Crippen molar-refractivity contribution in [3.63, 3.8) is 0 Å². The van der Waals surface area contributed by atoms with Crippen LogP contribution in [0.4, 0.5) is 15.2 Å². The number of rotatable bonds is 6. The van der Waals surface area contributed by atoms with Gasteiger partial charge in [0.25, 0.3) is 0 Å². The highest BCUT2D eigenvalue weighted by molar-refractivity contribution is 8.00. The predicted octanol–water partition coefficient (Wildman–Crippen LogP) is 4.27. The van der Waals surface area contributed by atoms with Gasteiger partial charge < -0.3 is 10.2 Å². The van der Waals surface area contributed by atoms with Gasteiger partial charge in [-0.1, -0.05) is 59.5 Å². The average Bonchev–Trinajstić information content (AvgIpc) is 3.36. The zero-order chi connectivity index (χ0) is 21.1. The van der Waals surface area contributed by atoms with E-state index in [1.807, 2.05) is 30.3 Å². The van der Waals surface area contributed by atoms with Gasteiger partial charge in [-0.2, -0.15) is 0 Å². The molecular formula is C21H19FN4O2S2. The Morgan fingerprint density at radius 2 is 2.07 bits per heavy atom. The maximum atomic E-state index is 13.8. The highest BCUT2D eigenvalue weighted by Gasteiger charge is 2.35. The van der Waals surface area contributed by atoms with Crippen LogP contribution in [0.1, 0.15) is 17.5 Å². The molecule has 1 N–H and O–H groups in total. The van der Waals surface area contributed by atoms with E-state index >= 15 is 0 Å². The smallest absolute Gasteiger partial charge is 0.231 e. The molecule has 1 fully saturated rings. The van der Waals surface area contributed by atoms with E-state index in [0.29, 0.717) is 16.4 Å². The molecule has 30 heavy (non-hydrogen) atoms. The second kappa shape index (κ2) is 8.93. The highest BCUT2D eigenvalue weighted by atomic mass is 32.2. The SMILES string of the molecule is Cc1ccc(N2CC(C(=O)Nc3nnc(SCc4ccccc4)s3)CC2=O)cc1F. The molecule has 0 radical (unpaired) electrons. The first kappa shape index (κ1) is 20.5. The van der Waals surface area contributed by atoms with Crippen molar-refractivity contribution in [2.24, 2.45) is 5.92 Å². The molecule has 1 unspecified atom stereocenters. The minimum atomic E-state index is -0.522. The van der Waals surface area contributed by atoms with Gasteiger partial charge in [-0.3, -0.25) is 9.59 Å². The molecule has 154 valence electrons. The minimum absolute atomic E-state index is 0.0791. The van der Waals surface area contributed by atoms with Gasteiger partial charge >= 0.3 is 0 Å². The Balaban J connectivity index is 1.34. The van der Waals surface area contributed by atoms with E-state index < -0.39 is 5.92 Å². The lowest BCUT2D eigenvalue weighted by Gasteiger charge is -2.17. The molecule has 1 atom stereocenters. The van der Waals surface area contributed by atoms with Crippen LogP contribution in [-0.2, 0) is 15.3 Å². The van der Waals surface area contributed by atoms with Gasteiger partial charge in [0.1, 0.15) is 5.82 Å². The lowest BCUT2D eigenvalue weighted by Crippen LogP contribution is -2.28. The number of anilines is 2. The molecule has 2 aromatic carbocycles. The number of benzene rings is 2. The third kappa shape index (κ3) is 4.68. The first-order valence-electron chi connectivity index (χ1n) is 9.37. The Kier molecular flexibility index (Phi) is 6.10. The van der Waals surface area contributed by atoms with E-state index in [4.69, 9.17) is 0 Å². The van der Waals surface area contributed by atoms with Crippen molar-refractivity contribution in [1.82, 2.24) is 10.2 Å². The highest BCUT2D eigenvalue weighted by Crippen LogP contribution is 2.30. The van der Waals surface area contributed by atoms with Crippen molar-refractivity contribution in [1.29, 1.82) is 0 Å². The first-order valence-corrected chi connectivity index (χ1v) is 11.2. The molecule has 1 aliphatic heterocycles. The summed E-state index contributed by atoms with van der Waals surface area (Å²) < 4.78 is 14.6. The summed E-state index contributed by atoms with van der Waals surface area (Å²) >= 11 is 2.85. The summed E-state index contributed by atoms with van der Waals surface area (Å²) in [5.41, 5.74) is 2.16. The number of hydrogen-bond acceptors (Lipinski definition) is 6. The summed E-state index contributed by atoms with van der Waals surface area (Å²) in [7, 11) is 0. The molecule has 0 saturated carbocycles. The number of nitrogens with one attached hydrogen (secondary N) is 1. The zero-order valence-electron chi connectivity index (χ0n) is 16.2. The summed E-state index contributed by atoms with van der Waals surface area (Å²) in [5.74, 6) is -0.611. The summed E-state index contributed by atoms with van der Waals surface area (Å²) in [4.78, 5) is 26.4. The van der Waals surface area contributed by atoms with Crippen molar-refractivity contribution in [2.45, 2.75) is 23.4 Å². The van der Waals surface area contributed by atoms with Crippen LogP contribution in [0, 0.1) is 18.7 Å². The largest absolute Gasteiger partial charge is 0.311 e. The topological polar surface area (TPSA) is 75.2 Å². The quantitative estimate of drug-likeness (QED) is 0.456. The average molecular weight is 443 g/mol. The molecule has 4 rings (SSSR count). The molecule has 1 aromatic heterocycles. The Hall–Kier alpha value is -2.78. The van der Waals surface area contributed by atoms with E-state index in [-0.39, 0.29) is 30.6 Å². The summed E-state index contributed by atoms with van der Waals surface area (Å²) in [6, 6.07) is 14.7. The van der Waals surface area contributed by atoms with Crippen LogP contribution >= 0.6 is 23.1 Å². The van der Waals surface area contributed by atoms with Crippen LogP contribution in [-0.4, -0.2) is 28.6 Å². The third-order valence-electron chi connectivity index (χ3n) is 4.80. The summed E-state index contributed by atoms with van der Waals surface area (Å²) in [6.45, 7) is 1.87. The monoisotopic (exact) mass is 442 g/mol. The standard InChI is InChI=1S/C21H19FN4O2S2/c1-13-7-8-16(10-17(13)22)26-11-15(9-18(26)27)19(28)23-20-24-25-21(30-20)29-12-14-5-3-2-4-6-14/h2-8,10,15H,9,11-12H2,1H3,(H,23,24,28). The molecule has 9 heteroatoms. The molecule has 1 aliphatic rings. The Morgan fingerprint density at radius 3 is 2.83 bits per heavy atom. The van der Waals surface area contributed by atoms with E-state index in [0.717, 1.165) is 10.1 Å². The van der Waals surface area contributed by atoms with Gasteiger partial charge in [-0.15, -0.1) is 10.2 Å². The van der Waals surface area contributed by atoms with E-state index in [1.54, 1.807) is 30.8 Å². The molecule has 2 heterocycles. The van der Waals surface area contributed by atoms with Crippen molar-refractivity contribution >= 4 is 45.7 Å². The Labute approximate surface area is 181 Å². The van der Waals surface area contributed by atoms with E-state index in [9.17, 15) is 14.0 Å². The van der Waals surface area contributed by atoms with Gasteiger partial charge in [0.15, 0.2) is 4.34 Å². The van der Waals surface area contributed by atoms with Crippen molar-refractivity contribution in [2.75, 3.05) is 16.8 Å². The second-order valence-electron chi connectivity index (χ2n) is 6.98. The Morgan fingerprint density at radius 1 is 1.27 bits per heavy atom. The second-order valence-corrected chi connectivity index (χ2v) is 9.18. The van der Waals surface area contributed by atoms with Gasteiger partial charge in [0.05, 0.1) is 5.92 Å². The van der Waals surface area contributed by atoms with Crippen LogP contribution in [0.15, 0.2) is 52.9 Å². The lowest BCUT2D eigenvalue weighted by molar-refractivity contribution is -0.122. The van der Waals surface area contributed by atoms with Crippen molar-refractivity contribution in [3.05, 3.63) is 65.5 Å². The molecule has 0 aliphatic carbocycles. The minimum Gasteiger partial charge on any atom is -0.311 e. The Bertz CT molecular complexity index is 1070. The number of nitrogens with zero attached hydrogens (tertiary/aromatic N) is 3.